The first-order valence-electron chi connectivity index (χ1n) is 9.51. The van der Waals surface area contributed by atoms with Gasteiger partial charge in [0, 0.05) is 23.1 Å². The molecule has 6 nitrogen and oxygen atoms in total. The topological polar surface area (TPSA) is 86.3 Å². The van der Waals surface area contributed by atoms with Gasteiger partial charge in [0.15, 0.2) is 0 Å². The molecule has 2 unspecified atom stereocenters. The number of pyridine rings is 1. The number of halogens is 1. The molecule has 1 heterocycles. The first-order chi connectivity index (χ1) is 12.7. The Morgan fingerprint density at radius 1 is 1.29 bits per heavy atom. The van der Waals surface area contributed by atoms with Crippen molar-refractivity contribution >= 4 is 17.5 Å². The monoisotopic (exact) mass is 415 g/mol. The van der Waals surface area contributed by atoms with Crippen molar-refractivity contribution in [2.45, 2.75) is 90.7 Å². The molecule has 1 rings (SSSR count). The van der Waals surface area contributed by atoms with Gasteiger partial charge >= 0.3 is 6.09 Å². The second-order valence-corrected chi connectivity index (χ2v) is 11.0. The molecule has 2 N–H and O–H groups in total. The highest BCUT2D eigenvalue weighted by molar-refractivity contribution is 7.90. The summed E-state index contributed by atoms with van der Waals surface area (Å²) in [5, 5.41) is 2.79. The molecule has 28 heavy (non-hydrogen) atoms. The highest BCUT2D eigenvalue weighted by Gasteiger charge is 2.29. The number of carbonyl (C=O) groups excluding carboxylic acids is 1. The van der Waals surface area contributed by atoms with Gasteiger partial charge in [-0.15, -0.1) is 4.72 Å². The lowest BCUT2D eigenvalue weighted by atomic mass is 10.0. The Kier molecular flexibility index (Phi) is 8.71. The largest absolute Gasteiger partial charge is 0.598 e. The maximum Gasteiger partial charge on any atom is 0.407 e. The first kappa shape index (κ1) is 24.7. The van der Waals surface area contributed by atoms with Gasteiger partial charge in [0.2, 0.25) is 0 Å². The van der Waals surface area contributed by atoms with Crippen LogP contribution in [0, 0.1) is 5.82 Å². The van der Waals surface area contributed by atoms with Gasteiger partial charge in [0.05, 0.1) is 12.2 Å². The van der Waals surface area contributed by atoms with Gasteiger partial charge in [0.1, 0.15) is 16.2 Å². The third-order valence-electron chi connectivity index (χ3n) is 3.85. The van der Waals surface area contributed by atoms with Crippen molar-refractivity contribution in [1.29, 1.82) is 0 Å². The summed E-state index contributed by atoms with van der Waals surface area (Å²) in [6.07, 6.45) is 1.86. The van der Waals surface area contributed by atoms with E-state index in [9.17, 15) is 13.7 Å². The smallest absolute Gasteiger partial charge is 0.407 e. The molecule has 0 aromatic carbocycles. The van der Waals surface area contributed by atoms with E-state index in [-0.39, 0.29) is 12.1 Å². The molecule has 1 aromatic rings. The van der Waals surface area contributed by atoms with Gasteiger partial charge in [-0.3, -0.25) is 4.98 Å². The molecule has 0 aliphatic heterocycles. The normalized spacial score (nSPS) is 15.6. The minimum atomic E-state index is -1.29. The van der Waals surface area contributed by atoms with Crippen molar-refractivity contribution < 1.29 is 18.5 Å². The Morgan fingerprint density at radius 3 is 2.43 bits per heavy atom. The van der Waals surface area contributed by atoms with Crippen molar-refractivity contribution in [1.82, 2.24) is 15.0 Å². The summed E-state index contributed by atoms with van der Waals surface area (Å²) < 4.78 is 34.0. The second kappa shape index (κ2) is 9.89. The van der Waals surface area contributed by atoms with Crippen molar-refractivity contribution in [3.63, 3.8) is 0 Å². The molecular weight excluding hydrogens is 381 g/mol. The fraction of sp³-hybridized carbons (Fsp3) is 0.700. The summed E-state index contributed by atoms with van der Waals surface area (Å²) in [6, 6.07) is 0.958. The van der Waals surface area contributed by atoms with Crippen molar-refractivity contribution in [3.05, 3.63) is 29.3 Å². The molecule has 1 amide bonds. The number of aromatic nitrogens is 1. The SMILES string of the molecule is CC(N[S+]([O-])C(C)(C)C)c1cc(F)cnc1CC[C@@H](C)NC(=O)OC(C)(C)C. The molecule has 0 spiro atoms. The number of alkyl carbamates (subject to hydrolysis) is 1. The van der Waals surface area contributed by atoms with Gasteiger partial charge in [-0.1, -0.05) is 0 Å². The Balaban J connectivity index is 2.77. The Bertz CT molecular complexity index is 659. The molecule has 8 heteroatoms. The Morgan fingerprint density at radius 2 is 1.89 bits per heavy atom. The number of ether oxygens (including phenoxy) is 1. The van der Waals surface area contributed by atoms with Crippen molar-refractivity contribution in [3.8, 4) is 0 Å². The molecule has 0 aliphatic carbocycles. The van der Waals surface area contributed by atoms with E-state index in [1.165, 1.54) is 12.3 Å². The highest BCUT2D eigenvalue weighted by Crippen LogP contribution is 2.23. The summed E-state index contributed by atoms with van der Waals surface area (Å²) in [6.45, 7) is 14.8. The van der Waals surface area contributed by atoms with E-state index in [1.54, 1.807) is 0 Å². The zero-order valence-corrected chi connectivity index (χ0v) is 19.0. The molecule has 0 bridgehead atoms. The van der Waals surface area contributed by atoms with Crippen LogP contribution in [0.3, 0.4) is 0 Å². The fourth-order valence-corrected chi connectivity index (χ4v) is 3.20. The number of amides is 1. The lowest BCUT2D eigenvalue weighted by Crippen LogP contribution is -2.41. The van der Waals surface area contributed by atoms with Crippen molar-refractivity contribution in [2.24, 2.45) is 0 Å². The number of hydrogen-bond donors (Lipinski definition) is 2. The lowest BCUT2D eigenvalue weighted by molar-refractivity contribution is 0.0506. The molecule has 0 radical (unpaired) electrons. The van der Waals surface area contributed by atoms with E-state index < -0.39 is 33.6 Å². The van der Waals surface area contributed by atoms with Crippen LogP contribution in [0.25, 0.3) is 0 Å². The van der Waals surface area contributed by atoms with Gasteiger partial charge in [-0.05, 0) is 79.9 Å². The molecule has 160 valence electrons. The summed E-state index contributed by atoms with van der Waals surface area (Å²) in [7, 11) is 0. The number of rotatable bonds is 7. The van der Waals surface area contributed by atoms with E-state index in [0.29, 0.717) is 24.1 Å². The third-order valence-corrected chi connectivity index (χ3v) is 5.53. The predicted octanol–water partition coefficient (Wildman–Crippen LogP) is 4.18. The standard InChI is InChI=1S/C20H34FN3O3S/c1-13(23-18(25)27-19(3,4)5)9-10-17-16(11-15(21)12-22-17)14(2)24-28(26)20(6,7)8/h11-14,24H,9-10H2,1-8H3,(H,23,25)/t13-,14?,28?/m1/s1. The fourth-order valence-electron chi connectivity index (χ4n) is 2.40. The maximum absolute atomic E-state index is 13.8. The van der Waals surface area contributed by atoms with Gasteiger partial charge in [-0.25, -0.2) is 9.18 Å². The molecular formula is C20H34FN3O3S. The van der Waals surface area contributed by atoms with Gasteiger partial charge < -0.3 is 14.6 Å². The maximum atomic E-state index is 13.8. The number of aryl methyl sites for hydroxylation is 1. The number of carbonyl (C=O) groups is 1. The van der Waals surface area contributed by atoms with E-state index in [2.05, 4.69) is 15.0 Å². The Labute approximate surface area is 171 Å². The van der Waals surface area contributed by atoms with Crippen LogP contribution in [0.15, 0.2) is 12.3 Å². The van der Waals surface area contributed by atoms with Crippen LogP contribution in [-0.4, -0.2) is 32.0 Å². The average Bonchev–Trinajstić information content (AvgIpc) is 2.50. The van der Waals surface area contributed by atoms with Gasteiger partial charge in [0.25, 0.3) is 0 Å². The molecule has 0 fully saturated rings. The van der Waals surface area contributed by atoms with Crippen LogP contribution in [0.5, 0.6) is 0 Å². The average molecular weight is 416 g/mol. The van der Waals surface area contributed by atoms with Crippen LogP contribution >= 0.6 is 0 Å². The van der Waals surface area contributed by atoms with Crippen LogP contribution in [0.2, 0.25) is 0 Å². The molecule has 0 saturated carbocycles. The van der Waals surface area contributed by atoms with Gasteiger partial charge in [-0.2, -0.15) is 0 Å². The quantitative estimate of drug-likeness (QED) is 0.653. The molecule has 0 saturated heterocycles. The zero-order valence-electron chi connectivity index (χ0n) is 18.2. The second-order valence-electron chi connectivity index (χ2n) is 9.00. The number of nitrogens with zero attached hydrogens (tertiary/aromatic N) is 1. The summed E-state index contributed by atoms with van der Waals surface area (Å²) in [5.41, 5.74) is 0.825. The minimum Gasteiger partial charge on any atom is -0.598 e. The van der Waals surface area contributed by atoms with E-state index >= 15 is 0 Å². The van der Waals surface area contributed by atoms with Crippen LogP contribution in [0.4, 0.5) is 9.18 Å². The lowest BCUT2D eigenvalue weighted by Gasteiger charge is -2.27. The van der Waals surface area contributed by atoms with Crippen LogP contribution < -0.4 is 10.0 Å². The van der Waals surface area contributed by atoms with E-state index in [1.807, 2.05) is 55.4 Å². The molecule has 0 aliphatic rings. The Hall–Kier alpha value is -1.38. The van der Waals surface area contributed by atoms with Crippen LogP contribution in [-0.2, 0) is 22.5 Å². The summed E-state index contributed by atoms with van der Waals surface area (Å²) in [4.78, 5) is 16.1. The van der Waals surface area contributed by atoms with E-state index in [0.717, 1.165) is 0 Å². The van der Waals surface area contributed by atoms with Crippen molar-refractivity contribution in [2.75, 3.05) is 0 Å². The molecule has 1 aromatic heterocycles. The highest BCUT2D eigenvalue weighted by atomic mass is 32.2. The van der Waals surface area contributed by atoms with E-state index in [4.69, 9.17) is 4.74 Å². The predicted molar refractivity (Wildman–Crippen MR) is 111 cm³/mol. The van der Waals surface area contributed by atoms with Crippen LogP contribution in [0.1, 0.15) is 79.1 Å². The summed E-state index contributed by atoms with van der Waals surface area (Å²) >= 11 is -1.29. The summed E-state index contributed by atoms with van der Waals surface area (Å²) in [5.74, 6) is -0.436. The number of hydrogen-bond acceptors (Lipinski definition) is 5. The third kappa shape index (κ3) is 8.75. The molecule has 3 atom stereocenters. The number of nitrogens with one attached hydrogen (secondary N) is 2. The first-order valence-corrected chi connectivity index (χ1v) is 10.7. The zero-order chi connectivity index (χ0) is 21.7. The minimum absolute atomic E-state index is 0.137.